The highest BCUT2D eigenvalue weighted by Crippen LogP contribution is 2.49. The molecule has 0 radical (unpaired) electrons. The number of halogens is 1. The van der Waals surface area contributed by atoms with Crippen molar-refractivity contribution in [2.75, 3.05) is 6.61 Å². The van der Waals surface area contributed by atoms with Crippen LogP contribution in [0.4, 0.5) is 4.39 Å². The summed E-state index contributed by atoms with van der Waals surface area (Å²) in [6.07, 6.45) is 0.190. The number of carbonyl (C=O) groups is 2. The van der Waals surface area contributed by atoms with Crippen LogP contribution in [0.1, 0.15) is 30.6 Å². The Morgan fingerprint density at radius 2 is 1.97 bits per heavy atom. The van der Waals surface area contributed by atoms with Crippen molar-refractivity contribution in [3.05, 3.63) is 69.9 Å². The van der Waals surface area contributed by atoms with E-state index in [0.717, 1.165) is 0 Å². The lowest BCUT2D eigenvalue weighted by atomic mass is 9.88. The molecule has 8 heteroatoms. The zero-order valence-electron chi connectivity index (χ0n) is 16.6. The number of aliphatic hydroxyl groups is 1. The highest BCUT2D eigenvalue weighted by atomic mass is 19.1. The molecule has 2 aliphatic heterocycles. The normalized spacial score (nSPS) is 24.4. The molecule has 4 rings (SSSR count). The first-order valence-corrected chi connectivity index (χ1v) is 10.1. The van der Waals surface area contributed by atoms with Gasteiger partial charge in [0.15, 0.2) is 0 Å². The fourth-order valence-corrected chi connectivity index (χ4v) is 4.83. The Morgan fingerprint density at radius 3 is 2.67 bits per heavy atom. The van der Waals surface area contributed by atoms with Crippen LogP contribution >= 0.6 is 0 Å². The van der Waals surface area contributed by atoms with Crippen molar-refractivity contribution in [3.8, 4) is 0 Å². The average Bonchev–Trinajstić information content (AvgIpc) is 3.28. The molecular formula is C22H24FN3O4. The highest BCUT2D eigenvalue weighted by Gasteiger charge is 2.56. The molecule has 1 aromatic heterocycles. The van der Waals surface area contributed by atoms with Crippen molar-refractivity contribution >= 4 is 11.8 Å². The van der Waals surface area contributed by atoms with Crippen LogP contribution in [0.3, 0.4) is 0 Å². The van der Waals surface area contributed by atoms with Crippen LogP contribution in [0.15, 0.2) is 47.3 Å². The van der Waals surface area contributed by atoms with Gasteiger partial charge in [-0.3, -0.25) is 14.4 Å². The monoisotopic (exact) mass is 413 g/mol. The lowest BCUT2D eigenvalue weighted by Crippen LogP contribution is -2.50. The van der Waals surface area contributed by atoms with Crippen molar-refractivity contribution in [2.24, 2.45) is 11.8 Å². The van der Waals surface area contributed by atoms with E-state index in [1.165, 1.54) is 17.0 Å². The van der Waals surface area contributed by atoms with Gasteiger partial charge in [-0.2, -0.15) is 0 Å². The number of benzene rings is 1. The van der Waals surface area contributed by atoms with E-state index in [9.17, 15) is 23.9 Å². The predicted molar refractivity (Wildman–Crippen MR) is 107 cm³/mol. The number of likely N-dealkylation sites (tertiary alicyclic amines) is 1. The number of hydrogen-bond acceptors (Lipinski definition) is 4. The second-order valence-electron chi connectivity index (χ2n) is 7.76. The fraction of sp³-hybridized carbons (Fsp3) is 0.409. The third-order valence-corrected chi connectivity index (χ3v) is 6.22. The van der Waals surface area contributed by atoms with Crippen LogP contribution in [0.2, 0.25) is 0 Å². The molecule has 1 saturated heterocycles. The Labute approximate surface area is 173 Å². The molecule has 0 unspecified atom stereocenters. The van der Waals surface area contributed by atoms with Crippen LogP contribution in [-0.4, -0.2) is 39.0 Å². The molecule has 3 heterocycles. The molecule has 0 bridgehead atoms. The number of fused-ring (bicyclic) bond motifs is 3. The maximum Gasteiger partial charge on any atom is 0.250 e. The van der Waals surface area contributed by atoms with Crippen LogP contribution in [0.5, 0.6) is 0 Å². The van der Waals surface area contributed by atoms with Crippen molar-refractivity contribution in [1.29, 1.82) is 0 Å². The number of amides is 2. The van der Waals surface area contributed by atoms with Gasteiger partial charge >= 0.3 is 0 Å². The zero-order chi connectivity index (χ0) is 21.4. The summed E-state index contributed by atoms with van der Waals surface area (Å²) in [6.45, 7) is 1.75. The average molecular weight is 413 g/mol. The summed E-state index contributed by atoms with van der Waals surface area (Å²) < 4.78 is 15.5. The zero-order valence-corrected chi connectivity index (χ0v) is 16.6. The largest absolute Gasteiger partial charge is 0.396 e. The maximum atomic E-state index is 13.9. The molecule has 1 aromatic carbocycles. The fourth-order valence-electron chi connectivity index (χ4n) is 4.83. The molecule has 158 valence electrons. The summed E-state index contributed by atoms with van der Waals surface area (Å²) in [7, 11) is 0. The topological polar surface area (TPSA) is 91.6 Å². The Bertz CT molecular complexity index is 1040. The van der Waals surface area contributed by atoms with Crippen LogP contribution < -0.4 is 10.9 Å². The molecule has 1 fully saturated rings. The van der Waals surface area contributed by atoms with Crippen LogP contribution in [-0.2, 0) is 22.7 Å². The van der Waals surface area contributed by atoms with Crippen molar-refractivity contribution in [1.82, 2.24) is 14.8 Å². The predicted octanol–water partition coefficient (Wildman–Crippen LogP) is 1.20. The van der Waals surface area contributed by atoms with E-state index in [4.69, 9.17) is 0 Å². The van der Waals surface area contributed by atoms with Gasteiger partial charge in [0.05, 0.1) is 6.04 Å². The highest BCUT2D eigenvalue weighted by molar-refractivity contribution is 5.89. The summed E-state index contributed by atoms with van der Waals surface area (Å²) in [5.41, 5.74) is 0.857. The SMILES string of the molecule is CCC(=O)N1[C@@H]2c3cccc(=O)n3C[C@@H]2[C@@H](CO)[C@@H]1C(=O)NCc1ccccc1F. The van der Waals surface area contributed by atoms with E-state index in [2.05, 4.69) is 5.32 Å². The van der Waals surface area contributed by atoms with Gasteiger partial charge in [0.25, 0.3) is 5.56 Å². The molecule has 0 aliphatic carbocycles. The molecule has 7 nitrogen and oxygen atoms in total. The lowest BCUT2D eigenvalue weighted by molar-refractivity contribution is -0.141. The van der Waals surface area contributed by atoms with Gasteiger partial charge in [0.2, 0.25) is 11.8 Å². The van der Waals surface area contributed by atoms with E-state index in [0.29, 0.717) is 17.8 Å². The van der Waals surface area contributed by atoms with E-state index in [1.54, 1.807) is 41.8 Å². The Balaban J connectivity index is 1.66. The molecule has 2 aromatic rings. The summed E-state index contributed by atoms with van der Waals surface area (Å²) >= 11 is 0. The van der Waals surface area contributed by atoms with E-state index in [1.807, 2.05) is 0 Å². The van der Waals surface area contributed by atoms with Gasteiger partial charge in [0, 0.05) is 55.3 Å². The maximum absolute atomic E-state index is 13.9. The summed E-state index contributed by atoms with van der Waals surface area (Å²) in [5, 5.41) is 12.8. The molecule has 30 heavy (non-hydrogen) atoms. The third-order valence-electron chi connectivity index (χ3n) is 6.22. The number of rotatable bonds is 5. The number of carbonyl (C=O) groups excluding carboxylic acids is 2. The Morgan fingerprint density at radius 1 is 1.20 bits per heavy atom. The number of aromatic nitrogens is 1. The van der Waals surface area contributed by atoms with Gasteiger partial charge in [-0.25, -0.2) is 4.39 Å². The Hall–Kier alpha value is -3.00. The van der Waals surface area contributed by atoms with Gasteiger partial charge < -0.3 is 19.9 Å². The van der Waals surface area contributed by atoms with Crippen LogP contribution in [0.25, 0.3) is 0 Å². The molecule has 2 aliphatic rings. The summed E-state index contributed by atoms with van der Waals surface area (Å²) in [6, 6.07) is 9.72. The molecule has 0 spiro atoms. The summed E-state index contributed by atoms with van der Waals surface area (Å²) in [4.78, 5) is 39.8. The third kappa shape index (κ3) is 3.21. The van der Waals surface area contributed by atoms with Crippen molar-refractivity contribution < 1.29 is 19.1 Å². The van der Waals surface area contributed by atoms with Gasteiger partial charge in [-0.1, -0.05) is 31.2 Å². The number of pyridine rings is 1. The van der Waals surface area contributed by atoms with Gasteiger partial charge in [0.1, 0.15) is 11.9 Å². The van der Waals surface area contributed by atoms with Crippen molar-refractivity contribution in [3.63, 3.8) is 0 Å². The standard InChI is InChI=1S/C22H24FN3O4/c1-2-18(28)26-20-14(11-25-17(20)8-5-9-19(25)29)15(12-27)21(26)22(30)24-10-13-6-3-4-7-16(13)23/h3-9,14-15,20-21,27H,2,10-12H2,1H3,(H,24,30)/t14-,15-,20+,21-/m1/s1. The molecule has 2 N–H and O–H groups in total. The number of nitrogens with zero attached hydrogens (tertiary/aromatic N) is 2. The van der Waals surface area contributed by atoms with Crippen molar-refractivity contribution in [2.45, 2.75) is 38.5 Å². The molecule has 2 amide bonds. The van der Waals surface area contributed by atoms with Crippen LogP contribution in [0, 0.1) is 17.7 Å². The second-order valence-corrected chi connectivity index (χ2v) is 7.76. The smallest absolute Gasteiger partial charge is 0.250 e. The lowest BCUT2D eigenvalue weighted by Gasteiger charge is -2.30. The van der Waals surface area contributed by atoms with Gasteiger partial charge in [-0.05, 0) is 12.1 Å². The molecular weight excluding hydrogens is 389 g/mol. The number of aliphatic hydroxyl groups excluding tert-OH is 1. The number of nitrogens with one attached hydrogen (secondary N) is 1. The number of hydrogen-bond donors (Lipinski definition) is 2. The first-order chi connectivity index (χ1) is 14.5. The molecule has 4 atom stereocenters. The van der Waals surface area contributed by atoms with E-state index in [-0.39, 0.29) is 37.0 Å². The minimum Gasteiger partial charge on any atom is -0.396 e. The minimum absolute atomic E-state index is 0.0142. The van der Waals surface area contributed by atoms with E-state index >= 15 is 0 Å². The molecule has 0 saturated carbocycles. The van der Waals surface area contributed by atoms with E-state index < -0.39 is 29.7 Å². The second kappa shape index (κ2) is 8.02. The quantitative estimate of drug-likeness (QED) is 0.771. The van der Waals surface area contributed by atoms with Gasteiger partial charge in [-0.15, -0.1) is 0 Å². The Kier molecular flexibility index (Phi) is 5.42. The minimum atomic E-state index is -0.881. The summed E-state index contributed by atoms with van der Waals surface area (Å²) in [5.74, 6) is -1.85. The first-order valence-electron chi connectivity index (χ1n) is 10.1. The first kappa shape index (κ1) is 20.3.